The first-order valence-electron chi connectivity index (χ1n) is 4.60. The average molecular weight is 310 g/mol. The van der Waals surface area contributed by atoms with Gasteiger partial charge in [-0.05, 0) is 6.07 Å². The molecule has 7 nitrogen and oxygen atoms in total. The van der Waals surface area contributed by atoms with E-state index in [1.165, 1.54) is 12.5 Å². The third-order valence-electron chi connectivity index (χ3n) is 1.91. The van der Waals surface area contributed by atoms with Crippen LogP contribution in [0.5, 0.6) is 0 Å². The first kappa shape index (κ1) is 15.7. The summed E-state index contributed by atoms with van der Waals surface area (Å²) in [6.07, 6.45) is 2.96. The molecule has 0 saturated heterocycles. The molecule has 0 unspecified atom stereocenters. The number of halogens is 3. The molecule has 2 aromatic heterocycles. The Labute approximate surface area is 109 Å². The van der Waals surface area contributed by atoms with Crippen LogP contribution < -0.4 is 5.56 Å². The summed E-state index contributed by atoms with van der Waals surface area (Å²) in [6.45, 7) is 0. The number of nitriles is 1. The smallest absolute Gasteiger partial charge is 0.463 e. The average Bonchev–Trinajstić information content (AvgIpc) is 2.75. The van der Waals surface area contributed by atoms with Crippen LogP contribution in [0.2, 0.25) is 0 Å². The predicted octanol–water partition coefficient (Wildman–Crippen LogP) is 1.39. The topological polar surface area (TPSA) is 124 Å². The molecule has 0 radical (unpaired) electrons. The summed E-state index contributed by atoms with van der Waals surface area (Å²) < 4.78 is 62.5. The normalized spacial score (nSPS) is 11.6. The number of rotatable bonds is 0. The van der Waals surface area contributed by atoms with Crippen LogP contribution in [0.25, 0.3) is 11.0 Å². The molecule has 0 spiro atoms. The summed E-state index contributed by atoms with van der Waals surface area (Å²) in [6, 6.07) is 3.47. The summed E-state index contributed by atoms with van der Waals surface area (Å²) in [5.74, 6) is 0. The number of fused-ring (bicyclic) bond motifs is 1. The minimum absolute atomic E-state index is 0.0255. The van der Waals surface area contributed by atoms with Crippen LogP contribution in [0.3, 0.4) is 0 Å². The second-order valence-corrected chi connectivity index (χ2v) is 4.64. The minimum Gasteiger partial charge on any atom is -0.463 e. The van der Waals surface area contributed by atoms with Gasteiger partial charge in [0.15, 0.2) is 11.1 Å². The molecule has 2 N–H and O–H groups in total. The zero-order chi connectivity index (χ0) is 15.6. The van der Waals surface area contributed by atoms with Gasteiger partial charge in [0.25, 0.3) is 5.56 Å². The van der Waals surface area contributed by atoms with Crippen LogP contribution in [-0.4, -0.2) is 23.5 Å². The van der Waals surface area contributed by atoms with Crippen LogP contribution in [0.15, 0.2) is 27.7 Å². The number of furan rings is 1. The number of H-pyrrole nitrogens is 1. The van der Waals surface area contributed by atoms with Crippen molar-refractivity contribution in [2.45, 2.75) is 5.51 Å². The maximum absolute atomic E-state index is 11.0. The standard InChI is InChI=1S/C8H4N2O2.CHF3O3S/c9-3-6-7-5(1-2-12-7)4-10-8(6)11;2-1(3,4)8(5,6)7/h1-2,4H,(H,10,11);(H,5,6,7). The van der Waals surface area contributed by atoms with E-state index in [0.717, 1.165) is 5.39 Å². The van der Waals surface area contributed by atoms with Gasteiger partial charge >= 0.3 is 15.6 Å². The van der Waals surface area contributed by atoms with E-state index < -0.39 is 21.2 Å². The third-order valence-corrected chi connectivity index (χ3v) is 2.50. The first-order chi connectivity index (χ1) is 9.08. The Hall–Kier alpha value is -2.32. The highest BCUT2D eigenvalue weighted by Crippen LogP contribution is 2.20. The highest BCUT2D eigenvalue weighted by Gasteiger charge is 2.44. The second kappa shape index (κ2) is 5.35. The molecule has 2 heterocycles. The van der Waals surface area contributed by atoms with Gasteiger partial charge in [0.1, 0.15) is 6.07 Å². The van der Waals surface area contributed by atoms with Crippen LogP contribution in [0, 0.1) is 11.3 Å². The molecule has 2 rings (SSSR count). The number of aromatic nitrogens is 1. The largest absolute Gasteiger partial charge is 0.522 e. The molecule has 108 valence electrons. The Morgan fingerprint density at radius 3 is 2.40 bits per heavy atom. The lowest BCUT2D eigenvalue weighted by atomic mass is 10.2. The number of aromatic amines is 1. The quantitative estimate of drug-likeness (QED) is 0.559. The van der Waals surface area contributed by atoms with E-state index in [0.29, 0.717) is 5.58 Å². The molecule has 2 aromatic rings. The van der Waals surface area contributed by atoms with Gasteiger partial charge in [-0.25, -0.2) is 0 Å². The fourth-order valence-electron chi connectivity index (χ4n) is 1.06. The first-order valence-corrected chi connectivity index (χ1v) is 6.04. The predicted molar refractivity (Wildman–Crippen MR) is 59.2 cm³/mol. The van der Waals surface area contributed by atoms with Gasteiger partial charge in [-0.1, -0.05) is 0 Å². The molecule has 0 aromatic carbocycles. The zero-order valence-corrected chi connectivity index (χ0v) is 10.1. The number of alkyl halides is 3. The molecule has 0 aliphatic rings. The minimum atomic E-state index is -5.84. The molecule has 11 heteroatoms. The van der Waals surface area contributed by atoms with E-state index in [1.54, 1.807) is 12.1 Å². The lowest BCUT2D eigenvalue weighted by molar-refractivity contribution is -0.0510. The van der Waals surface area contributed by atoms with Crippen molar-refractivity contribution < 1.29 is 30.6 Å². The maximum atomic E-state index is 11.0. The second-order valence-electron chi connectivity index (χ2n) is 3.23. The monoisotopic (exact) mass is 310 g/mol. The van der Waals surface area contributed by atoms with E-state index in [4.69, 9.17) is 22.6 Å². The fourth-order valence-corrected chi connectivity index (χ4v) is 1.06. The summed E-state index contributed by atoms with van der Waals surface area (Å²) >= 11 is 0. The van der Waals surface area contributed by atoms with Gasteiger partial charge in [-0.3, -0.25) is 9.35 Å². The molecule has 0 atom stereocenters. The van der Waals surface area contributed by atoms with Crippen LogP contribution in [0.4, 0.5) is 13.2 Å². The van der Waals surface area contributed by atoms with E-state index in [1.807, 2.05) is 0 Å². The van der Waals surface area contributed by atoms with Crippen molar-refractivity contribution >= 4 is 21.1 Å². The van der Waals surface area contributed by atoms with Gasteiger partial charge in [0.05, 0.1) is 6.26 Å². The fraction of sp³-hybridized carbons (Fsp3) is 0.111. The van der Waals surface area contributed by atoms with Crippen LogP contribution in [-0.2, 0) is 10.1 Å². The van der Waals surface area contributed by atoms with Crippen molar-refractivity contribution in [2.24, 2.45) is 0 Å². The van der Waals surface area contributed by atoms with Crippen molar-refractivity contribution in [3.05, 3.63) is 34.4 Å². The van der Waals surface area contributed by atoms with Crippen molar-refractivity contribution in [1.82, 2.24) is 4.98 Å². The van der Waals surface area contributed by atoms with Crippen LogP contribution in [0.1, 0.15) is 5.56 Å². The lowest BCUT2D eigenvalue weighted by Crippen LogP contribution is -2.21. The Bertz CT molecular complexity index is 812. The Morgan fingerprint density at radius 1 is 1.40 bits per heavy atom. The Morgan fingerprint density at radius 2 is 1.95 bits per heavy atom. The molecule has 20 heavy (non-hydrogen) atoms. The molecule has 0 aliphatic heterocycles. The van der Waals surface area contributed by atoms with E-state index in [-0.39, 0.29) is 5.56 Å². The lowest BCUT2D eigenvalue weighted by Gasteiger charge is -1.97. The number of nitrogens with one attached hydrogen (secondary N) is 1. The van der Waals surface area contributed by atoms with E-state index in [2.05, 4.69) is 4.98 Å². The molecule has 0 fully saturated rings. The van der Waals surface area contributed by atoms with Crippen molar-refractivity contribution in [3.63, 3.8) is 0 Å². The van der Waals surface area contributed by atoms with Gasteiger partial charge in [-0.2, -0.15) is 26.9 Å². The highest BCUT2D eigenvalue weighted by molar-refractivity contribution is 7.86. The van der Waals surface area contributed by atoms with Gasteiger partial charge in [-0.15, -0.1) is 0 Å². The highest BCUT2D eigenvalue weighted by atomic mass is 32.2. The summed E-state index contributed by atoms with van der Waals surface area (Å²) in [4.78, 5) is 13.5. The zero-order valence-electron chi connectivity index (χ0n) is 9.30. The van der Waals surface area contributed by atoms with E-state index >= 15 is 0 Å². The van der Waals surface area contributed by atoms with Gasteiger partial charge in [0, 0.05) is 11.6 Å². The molecular weight excluding hydrogens is 305 g/mol. The number of hydrogen-bond acceptors (Lipinski definition) is 5. The summed E-state index contributed by atoms with van der Waals surface area (Å²) in [7, 11) is -5.84. The summed E-state index contributed by atoms with van der Waals surface area (Å²) in [5, 5.41) is 9.33. The Balaban J connectivity index is 0.000000221. The Kier molecular flexibility index (Phi) is 4.21. The van der Waals surface area contributed by atoms with Crippen molar-refractivity contribution in [1.29, 1.82) is 5.26 Å². The van der Waals surface area contributed by atoms with Crippen molar-refractivity contribution in [3.8, 4) is 6.07 Å². The molecule has 0 saturated carbocycles. The van der Waals surface area contributed by atoms with Gasteiger partial charge in [0.2, 0.25) is 0 Å². The maximum Gasteiger partial charge on any atom is 0.522 e. The molecule has 0 aliphatic carbocycles. The van der Waals surface area contributed by atoms with Crippen molar-refractivity contribution in [2.75, 3.05) is 0 Å². The molecule has 0 amide bonds. The molecule has 0 bridgehead atoms. The summed E-state index contributed by atoms with van der Waals surface area (Å²) in [5.41, 5.74) is -5.58. The molecular formula is C9H5F3N2O5S. The SMILES string of the molecule is N#Cc1c(=O)[nH]cc2ccoc12.O=S(=O)(O)C(F)(F)F. The number of nitrogens with zero attached hydrogens (tertiary/aromatic N) is 1. The number of pyridine rings is 1. The van der Waals surface area contributed by atoms with E-state index in [9.17, 15) is 18.0 Å². The van der Waals surface area contributed by atoms with Gasteiger partial charge < -0.3 is 9.40 Å². The van der Waals surface area contributed by atoms with Crippen LogP contribution >= 0.6 is 0 Å². The third kappa shape index (κ3) is 3.37. The number of hydrogen-bond donors (Lipinski definition) is 2.